The van der Waals surface area contributed by atoms with Crippen molar-refractivity contribution in [2.75, 3.05) is 18.6 Å². The Kier molecular flexibility index (Phi) is 4.61. The predicted octanol–water partition coefficient (Wildman–Crippen LogP) is -1.39. The van der Waals surface area contributed by atoms with E-state index < -0.39 is 46.8 Å². The van der Waals surface area contributed by atoms with Crippen molar-refractivity contribution in [1.29, 1.82) is 0 Å². The Balaban J connectivity index is 1.56. The molecule has 0 spiro atoms. The Hall–Kier alpha value is -2.87. The molecule has 2 amide bonds. The van der Waals surface area contributed by atoms with Crippen LogP contribution in [-0.4, -0.2) is 80.4 Å². The minimum absolute atomic E-state index is 0.0968. The van der Waals surface area contributed by atoms with E-state index in [0.717, 1.165) is 16.2 Å². The van der Waals surface area contributed by atoms with Crippen molar-refractivity contribution in [2.45, 2.75) is 29.5 Å². The smallest absolute Gasteiger partial charge is 0.371 e. The molecule has 4 atom stereocenters. The van der Waals surface area contributed by atoms with Gasteiger partial charge in [-0.1, -0.05) is 5.16 Å². The summed E-state index contributed by atoms with van der Waals surface area (Å²) in [6, 6.07) is -1.65. The number of anilines is 1. The largest absolute Gasteiger partial charge is 0.477 e. The van der Waals surface area contributed by atoms with Crippen molar-refractivity contribution in [3.8, 4) is 0 Å². The van der Waals surface area contributed by atoms with Crippen LogP contribution in [0.15, 0.2) is 10.5 Å². The second-order valence-corrected chi connectivity index (χ2v) is 8.55. The topological polar surface area (TPSA) is 174 Å². The van der Waals surface area contributed by atoms with Crippen LogP contribution < -0.4 is 11.1 Å². The first-order chi connectivity index (χ1) is 13.8. The lowest BCUT2D eigenvalue weighted by molar-refractivity contribution is -0.213. The second-order valence-electron chi connectivity index (χ2n) is 6.42. The highest BCUT2D eigenvalue weighted by Crippen LogP contribution is 2.49. The third-order valence-electron chi connectivity index (χ3n) is 4.86. The highest BCUT2D eigenvalue weighted by Gasteiger charge is 2.71. The summed E-state index contributed by atoms with van der Waals surface area (Å²) in [6.07, 6.45) is -0.0968. The molecule has 12 nitrogen and oxygen atoms in total. The van der Waals surface area contributed by atoms with Gasteiger partial charge in [-0.05, 0) is 0 Å². The SMILES string of the molecule is CO/N=C(\C(=O)N[C@@H]1C(=O)N2C1CSC1CC(=O)O[C@]12C(=O)O)c1csc(N)n1. The lowest BCUT2D eigenvalue weighted by atomic mass is 9.89. The molecule has 2 unspecified atom stereocenters. The van der Waals surface area contributed by atoms with Crippen molar-refractivity contribution in [3.05, 3.63) is 11.1 Å². The molecule has 4 rings (SSSR count). The molecule has 0 bridgehead atoms. The number of aliphatic carboxylic acids is 1. The summed E-state index contributed by atoms with van der Waals surface area (Å²) >= 11 is 2.33. The molecule has 29 heavy (non-hydrogen) atoms. The number of nitrogens with two attached hydrogens (primary N) is 1. The molecule has 14 heteroatoms. The van der Waals surface area contributed by atoms with Crippen LogP contribution in [0.2, 0.25) is 0 Å². The van der Waals surface area contributed by atoms with E-state index in [2.05, 4.69) is 20.3 Å². The van der Waals surface area contributed by atoms with Crippen molar-refractivity contribution >= 4 is 57.7 Å². The maximum Gasteiger partial charge on any atom is 0.371 e. The van der Waals surface area contributed by atoms with Crippen molar-refractivity contribution < 1.29 is 33.9 Å². The van der Waals surface area contributed by atoms with E-state index in [4.69, 9.17) is 10.5 Å². The number of nitrogens with zero attached hydrogens (tertiary/aromatic N) is 3. The number of β-lactam (4-membered cyclic amide) rings is 1. The van der Waals surface area contributed by atoms with Crippen LogP contribution in [0.25, 0.3) is 0 Å². The number of ether oxygens (including phenoxy) is 1. The summed E-state index contributed by atoms with van der Waals surface area (Å²) in [7, 11) is 1.25. The fourth-order valence-electron chi connectivity index (χ4n) is 3.63. The van der Waals surface area contributed by atoms with E-state index in [1.807, 2.05) is 0 Å². The number of thioether (sulfide) groups is 1. The summed E-state index contributed by atoms with van der Waals surface area (Å²) < 4.78 is 5.10. The number of nitrogen functional groups attached to an aromatic ring is 1. The summed E-state index contributed by atoms with van der Waals surface area (Å²) in [6.45, 7) is 0. The molecule has 0 aromatic carbocycles. The Labute approximate surface area is 171 Å². The lowest BCUT2D eigenvalue weighted by Crippen LogP contribution is -2.82. The van der Waals surface area contributed by atoms with Gasteiger partial charge < -0.3 is 25.7 Å². The molecule has 4 N–H and O–H groups in total. The van der Waals surface area contributed by atoms with Crippen LogP contribution in [0, 0.1) is 0 Å². The minimum Gasteiger partial charge on any atom is -0.477 e. The van der Waals surface area contributed by atoms with E-state index in [0.29, 0.717) is 5.75 Å². The van der Waals surface area contributed by atoms with Crippen LogP contribution in [0.5, 0.6) is 0 Å². The molecular weight excluding hydrogens is 426 g/mol. The normalized spacial score (nSPS) is 30.7. The number of carboxylic acid groups (broad SMARTS) is 1. The van der Waals surface area contributed by atoms with Crippen molar-refractivity contribution in [3.63, 3.8) is 0 Å². The number of thiazole rings is 1. The highest BCUT2D eigenvalue weighted by atomic mass is 32.2. The zero-order valence-corrected chi connectivity index (χ0v) is 16.5. The first-order valence-electron chi connectivity index (χ1n) is 8.33. The maximum atomic E-state index is 12.8. The second kappa shape index (κ2) is 6.88. The molecule has 0 aliphatic carbocycles. The monoisotopic (exact) mass is 441 g/mol. The third-order valence-corrected chi connectivity index (χ3v) is 6.96. The van der Waals surface area contributed by atoms with Crippen molar-refractivity contribution in [1.82, 2.24) is 15.2 Å². The van der Waals surface area contributed by atoms with Gasteiger partial charge in [-0.2, -0.15) is 0 Å². The first kappa shape index (κ1) is 19.4. The summed E-state index contributed by atoms with van der Waals surface area (Å²) in [5, 5.41) is 16.9. The summed E-state index contributed by atoms with van der Waals surface area (Å²) in [4.78, 5) is 58.8. The molecule has 3 saturated heterocycles. The van der Waals surface area contributed by atoms with E-state index in [1.165, 1.54) is 24.3 Å². The number of esters is 1. The standard InChI is InChI=1S/C15H15N5O7S2/c1-26-19-9(5-3-29-14(16)17-5)11(22)18-10-6-4-28-7-2-8(21)27-15(7,13(24)25)20(6)12(10)23/h3,6-7,10H,2,4H2,1H3,(H2,16,17)(H,18,22)(H,24,25)/b19-9-/t6?,7?,10-,15-/m0/s1. The van der Waals surface area contributed by atoms with E-state index >= 15 is 0 Å². The Morgan fingerprint density at radius 3 is 2.90 bits per heavy atom. The van der Waals surface area contributed by atoms with E-state index in [1.54, 1.807) is 0 Å². The van der Waals surface area contributed by atoms with Gasteiger partial charge in [0.25, 0.3) is 17.5 Å². The van der Waals surface area contributed by atoms with Gasteiger partial charge in [0.05, 0.1) is 17.7 Å². The molecular formula is C15H15N5O7S2. The predicted molar refractivity (Wildman–Crippen MR) is 100.0 cm³/mol. The zero-order chi connectivity index (χ0) is 20.9. The van der Waals surface area contributed by atoms with Gasteiger partial charge in [-0.25, -0.2) is 9.78 Å². The average Bonchev–Trinajstić information content (AvgIpc) is 3.25. The number of hydrogen-bond donors (Lipinski definition) is 3. The van der Waals surface area contributed by atoms with Gasteiger partial charge >= 0.3 is 11.9 Å². The number of rotatable bonds is 5. The molecule has 1 aromatic rings. The number of hydrogen-bond acceptors (Lipinski definition) is 11. The summed E-state index contributed by atoms with van der Waals surface area (Å²) in [5.41, 5.74) is 3.55. The molecule has 3 aliphatic rings. The van der Waals surface area contributed by atoms with Gasteiger partial charge in [-0.15, -0.1) is 23.1 Å². The highest BCUT2D eigenvalue weighted by molar-refractivity contribution is 8.00. The fraction of sp³-hybridized carbons (Fsp3) is 0.467. The van der Waals surface area contributed by atoms with Gasteiger partial charge in [0.15, 0.2) is 10.8 Å². The molecule has 0 saturated carbocycles. The quantitative estimate of drug-likeness (QED) is 0.214. The Bertz CT molecular complexity index is 949. The Morgan fingerprint density at radius 1 is 1.52 bits per heavy atom. The van der Waals surface area contributed by atoms with Gasteiger partial charge in [0.1, 0.15) is 18.8 Å². The van der Waals surface area contributed by atoms with E-state index in [-0.39, 0.29) is 23.0 Å². The lowest BCUT2D eigenvalue weighted by Gasteiger charge is -2.56. The van der Waals surface area contributed by atoms with Crippen LogP contribution in [-0.2, 0) is 28.8 Å². The number of carboxylic acids is 1. The van der Waals surface area contributed by atoms with Crippen LogP contribution in [0.3, 0.4) is 0 Å². The fourth-order valence-corrected chi connectivity index (χ4v) is 5.69. The van der Waals surface area contributed by atoms with Crippen molar-refractivity contribution in [2.24, 2.45) is 5.16 Å². The van der Waals surface area contributed by atoms with E-state index in [9.17, 15) is 24.3 Å². The number of nitrogens with one attached hydrogen (secondary N) is 1. The zero-order valence-electron chi connectivity index (χ0n) is 14.9. The molecule has 3 aliphatic heterocycles. The molecule has 154 valence electrons. The van der Waals surface area contributed by atoms with Gasteiger partial charge in [-0.3, -0.25) is 19.3 Å². The number of fused-ring (bicyclic) bond motifs is 3. The average molecular weight is 441 g/mol. The maximum absolute atomic E-state index is 12.8. The van der Waals surface area contributed by atoms with Crippen LogP contribution in [0.1, 0.15) is 12.1 Å². The van der Waals surface area contributed by atoms with Gasteiger partial charge in [0.2, 0.25) is 0 Å². The Morgan fingerprint density at radius 2 is 2.28 bits per heavy atom. The third kappa shape index (κ3) is 2.81. The molecule has 0 radical (unpaired) electrons. The first-order valence-corrected chi connectivity index (χ1v) is 10.3. The number of aromatic nitrogens is 1. The molecule has 3 fully saturated rings. The minimum atomic E-state index is -2.05. The molecule has 4 heterocycles. The van der Waals surface area contributed by atoms with Crippen LogP contribution in [0.4, 0.5) is 5.13 Å². The number of carbonyl (C=O) groups excluding carboxylic acids is 3. The van der Waals surface area contributed by atoms with Crippen LogP contribution >= 0.6 is 23.1 Å². The number of oxime groups is 1. The number of amides is 2. The number of carbonyl (C=O) groups is 4. The van der Waals surface area contributed by atoms with Gasteiger partial charge in [0, 0.05) is 11.1 Å². The molecule has 1 aromatic heterocycles. The summed E-state index contributed by atoms with van der Waals surface area (Å²) in [5.74, 6) is -3.13.